The summed E-state index contributed by atoms with van der Waals surface area (Å²) in [6.45, 7) is 2.34. The van der Waals surface area contributed by atoms with Crippen LogP contribution in [0.4, 0.5) is 10.1 Å². The second-order valence-electron chi connectivity index (χ2n) is 10.2. The van der Waals surface area contributed by atoms with Crippen LogP contribution in [0.3, 0.4) is 0 Å². The quantitative estimate of drug-likeness (QED) is 0.659. The lowest BCUT2D eigenvalue weighted by molar-refractivity contribution is -0.115. The molecular formula is C26H30FN3O3S. The fraction of sp³-hybridized carbons (Fsp3) is 0.462. The van der Waals surface area contributed by atoms with Crippen molar-refractivity contribution >= 4 is 27.2 Å². The minimum absolute atomic E-state index is 0.0331. The van der Waals surface area contributed by atoms with Crippen molar-refractivity contribution in [3.8, 4) is 0 Å². The van der Waals surface area contributed by atoms with Crippen LogP contribution in [0.15, 0.2) is 42.7 Å². The third-order valence-electron chi connectivity index (χ3n) is 8.22. The lowest BCUT2D eigenvalue weighted by Crippen LogP contribution is -2.40. The van der Waals surface area contributed by atoms with Gasteiger partial charge in [-0.2, -0.15) is 0 Å². The Balaban J connectivity index is 1.32. The highest BCUT2D eigenvalue weighted by atomic mass is 32.2. The molecular weight excluding hydrogens is 453 g/mol. The number of rotatable bonds is 5. The third kappa shape index (κ3) is 4.29. The fourth-order valence-electron chi connectivity index (χ4n) is 6.69. The molecule has 1 heterocycles. The van der Waals surface area contributed by atoms with Gasteiger partial charge < -0.3 is 5.32 Å². The molecule has 0 radical (unpaired) electrons. The Morgan fingerprint density at radius 3 is 2.85 bits per heavy atom. The molecule has 2 aromatic rings. The van der Waals surface area contributed by atoms with Gasteiger partial charge in [-0.3, -0.25) is 9.78 Å². The fourth-order valence-corrected chi connectivity index (χ4v) is 7.16. The van der Waals surface area contributed by atoms with Gasteiger partial charge in [0.25, 0.3) is 0 Å². The lowest BCUT2D eigenvalue weighted by Gasteiger charge is -2.50. The molecule has 8 heteroatoms. The number of hydrogen-bond donors (Lipinski definition) is 2. The number of aromatic nitrogens is 1. The highest BCUT2D eigenvalue weighted by molar-refractivity contribution is 7.89. The molecule has 3 aliphatic rings. The Labute approximate surface area is 199 Å². The average molecular weight is 484 g/mol. The van der Waals surface area contributed by atoms with Gasteiger partial charge in [-0.1, -0.05) is 19.1 Å². The smallest absolute Gasteiger partial charge is 0.225 e. The first kappa shape index (κ1) is 23.2. The molecule has 6 nitrogen and oxygen atoms in total. The molecule has 1 aromatic heterocycles. The van der Waals surface area contributed by atoms with Gasteiger partial charge in [-0.15, -0.1) is 0 Å². The van der Waals surface area contributed by atoms with Gasteiger partial charge >= 0.3 is 0 Å². The summed E-state index contributed by atoms with van der Waals surface area (Å²) < 4.78 is 36.1. The molecule has 1 fully saturated rings. The highest BCUT2D eigenvalue weighted by Gasteiger charge is 2.51. The molecule has 34 heavy (non-hydrogen) atoms. The minimum atomic E-state index is -3.66. The highest BCUT2D eigenvalue weighted by Crippen LogP contribution is 2.63. The summed E-state index contributed by atoms with van der Waals surface area (Å²) in [4.78, 5) is 16.2. The van der Waals surface area contributed by atoms with E-state index in [2.05, 4.69) is 29.4 Å². The first-order chi connectivity index (χ1) is 16.1. The van der Waals surface area contributed by atoms with Gasteiger partial charge in [0.05, 0.1) is 11.9 Å². The van der Waals surface area contributed by atoms with Crippen molar-refractivity contribution in [1.29, 1.82) is 0 Å². The number of nitrogens with two attached hydrogens (primary N) is 1. The zero-order valence-electron chi connectivity index (χ0n) is 19.3. The molecule has 1 saturated carbocycles. The van der Waals surface area contributed by atoms with E-state index < -0.39 is 10.0 Å². The molecule has 1 amide bonds. The van der Waals surface area contributed by atoms with Crippen molar-refractivity contribution in [3.05, 3.63) is 65.2 Å². The van der Waals surface area contributed by atoms with E-state index in [1.165, 1.54) is 22.9 Å². The zero-order chi connectivity index (χ0) is 24.1. The molecule has 5 rings (SSSR count). The van der Waals surface area contributed by atoms with Crippen molar-refractivity contribution in [2.75, 3.05) is 11.1 Å². The number of anilines is 1. The van der Waals surface area contributed by atoms with Crippen LogP contribution in [0.2, 0.25) is 0 Å². The van der Waals surface area contributed by atoms with Crippen molar-refractivity contribution in [2.45, 2.75) is 51.4 Å². The number of sulfonamides is 1. The summed E-state index contributed by atoms with van der Waals surface area (Å²) in [7, 11) is -3.66. The minimum Gasteiger partial charge on any atom is -0.326 e. The number of carbonyl (C=O) groups is 1. The van der Waals surface area contributed by atoms with Crippen LogP contribution < -0.4 is 10.5 Å². The van der Waals surface area contributed by atoms with Gasteiger partial charge in [0, 0.05) is 18.3 Å². The molecule has 3 N–H and O–H groups in total. The molecule has 4 atom stereocenters. The Morgan fingerprint density at radius 1 is 1.26 bits per heavy atom. The van der Waals surface area contributed by atoms with E-state index in [4.69, 9.17) is 5.14 Å². The molecule has 0 spiro atoms. The second kappa shape index (κ2) is 8.57. The summed E-state index contributed by atoms with van der Waals surface area (Å²) in [5.74, 6) is 0.556. The lowest BCUT2D eigenvalue weighted by atomic mass is 9.54. The number of halogens is 1. The van der Waals surface area contributed by atoms with Crippen molar-refractivity contribution in [3.63, 3.8) is 0 Å². The Bertz CT molecular complexity index is 1280. The van der Waals surface area contributed by atoms with E-state index in [0.717, 1.165) is 37.7 Å². The normalized spacial score (nSPS) is 27.9. The molecule has 180 valence electrons. The summed E-state index contributed by atoms with van der Waals surface area (Å²) in [5, 5.41) is 7.80. The molecule has 0 aliphatic heterocycles. The summed E-state index contributed by atoms with van der Waals surface area (Å²) in [6, 6.07) is 7.68. The maximum absolute atomic E-state index is 13.9. The number of nitrogens with zero attached hydrogens (tertiary/aromatic N) is 1. The number of fused-ring (bicyclic) bond motifs is 5. The number of aryl methyl sites for hydroxylation is 1. The molecule has 0 saturated heterocycles. The Kier molecular flexibility index (Phi) is 5.84. The Hall–Kier alpha value is -2.58. The van der Waals surface area contributed by atoms with E-state index in [0.29, 0.717) is 23.4 Å². The van der Waals surface area contributed by atoms with E-state index in [1.807, 2.05) is 12.1 Å². The van der Waals surface area contributed by atoms with Gasteiger partial charge in [0.15, 0.2) is 0 Å². The standard InChI is InChI=1S/C26H30FN3O3S/c1-26-10-8-21-20-5-3-19(30-25(31)9-11-34(28,32)33)13-16(20)2-4-22(21)24(26)7-6-23(26)17-12-18(27)15-29-14-17/h3,5-6,12-15,21-22,24H,2,4,7-11H2,1H3,(H,30,31)(H2,28,32,33)/t21-,22-,24+,26-/m1/s1. The van der Waals surface area contributed by atoms with Crippen LogP contribution in [0.5, 0.6) is 0 Å². The number of nitrogens with one attached hydrogen (secondary N) is 1. The number of primary sulfonamides is 1. The maximum Gasteiger partial charge on any atom is 0.225 e. The maximum atomic E-state index is 13.9. The topological polar surface area (TPSA) is 102 Å². The predicted molar refractivity (Wildman–Crippen MR) is 130 cm³/mol. The number of allylic oxidation sites excluding steroid dienone is 2. The average Bonchev–Trinajstić information content (AvgIpc) is 3.14. The van der Waals surface area contributed by atoms with Gasteiger partial charge in [0.2, 0.25) is 15.9 Å². The van der Waals surface area contributed by atoms with Crippen LogP contribution in [-0.4, -0.2) is 25.1 Å². The van der Waals surface area contributed by atoms with Gasteiger partial charge in [0.1, 0.15) is 5.82 Å². The summed E-state index contributed by atoms with van der Waals surface area (Å²) in [6.07, 6.45) is 10.4. The first-order valence-corrected chi connectivity index (χ1v) is 13.6. The van der Waals surface area contributed by atoms with E-state index in [1.54, 1.807) is 12.3 Å². The van der Waals surface area contributed by atoms with Crippen molar-refractivity contribution < 1.29 is 17.6 Å². The molecule has 0 bridgehead atoms. The van der Waals surface area contributed by atoms with E-state index >= 15 is 0 Å². The zero-order valence-corrected chi connectivity index (χ0v) is 20.1. The largest absolute Gasteiger partial charge is 0.326 e. The van der Waals surface area contributed by atoms with Crippen LogP contribution >= 0.6 is 0 Å². The predicted octanol–water partition coefficient (Wildman–Crippen LogP) is 4.39. The molecule has 0 unspecified atom stereocenters. The van der Waals surface area contributed by atoms with Gasteiger partial charge in [-0.25, -0.2) is 17.9 Å². The van der Waals surface area contributed by atoms with Crippen LogP contribution in [-0.2, 0) is 21.2 Å². The van der Waals surface area contributed by atoms with E-state index in [-0.39, 0.29) is 29.3 Å². The van der Waals surface area contributed by atoms with E-state index in [9.17, 15) is 17.6 Å². The van der Waals surface area contributed by atoms with Crippen LogP contribution in [0.25, 0.3) is 5.57 Å². The summed E-state index contributed by atoms with van der Waals surface area (Å²) >= 11 is 0. The second-order valence-corrected chi connectivity index (χ2v) is 11.9. The third-order valence-corrected chi connectivity index (χ3v) is 8.99. The number of benzene rings is 1. The van der Waals surface area contributed by atoms with Crippen LogP contribution in [0.1, 0.15) is 61.6 Å². The molecule has 3 aliphatic carbocycles. The first-order valence-electron chi connectivity index (χ1n) is 11.9. The summed E-state index contributed by atoms with van der Waals surface area (Å²) in [5.41, 5.74) is 5.50. The van der Waals surface area contributed by atoms with Crippen molar-refractivity contribution in [1.82, 2.24) is 4.98 Å². The number of hydrogen-bond acceptors (Lipinski definition) is 4. The van der Waals surface area contributed by atoms with Gasteiger partial charge in [-0.05, 0) is 95.7 Å². The Morgan fingerprint density at radius 2 is 2.09 bits per heavy atom. The monoisotopic (exact) mass is 483 g/mol. The number of carbonyl (C=O) groups excluding carboxylic acids is 1. The van der Waals surface area contributed by atoms with Crippen molar-refractivity contribution in [2.24, 2.45) is 22.4 Å². The SMILES string of the molecule is C[C@]12CC[C@@H]3c4ccc(NC(=O)CCS(N)(=O)=O)cc4CC[C@H]3[C@@H]1CC=C2c1cncc(F)c1. The molecule has 1 aromatic carbocycles. The number of amides is 1. The number of pyridine rings is 1. The van der Waals surface area contributed by atoms with Crippen LogP contribution in [0, 0.1) is 23.1 Å².